The van der Waals surface area contributed by atoms with Crippen LogP contribution in [0, 0.1) is 17.8 Å². The van der Waals surface area contributed by atoms with E-state index in [1.165, 1.54) is 5.57 Å². The van der Waals surface area contributed by atoms with E-state index in [4.69, 9.17) is 0 Å². The number of carboxylic acid groups (broad SMARTS) is 1. The molecule has 0 saturated heterocycles. The first-order valence-corrected chi connectivity index (χ1v) is 6.66. The van der Waals surface area contributed by atoms with Gasteiger partial charge in [0.25, 0.3) is 0 Å². The van der Waals surface area contributed by atoms with E-state index in [9.17, 15) is 14.7 Å². The number of hydrogen-bond acceptors (Lipinski definition) is 2. The van der Waals surface area contributed by atoms with Crippen LogP contribution in [0.25, 0.3) is 0 Å². The van der Waals surface area contributed by atoms with Gasteiger partial charge >= 0.3 is 5.97 Å². The number of carbonyl (C=O) groups is 2. The fourth-order valence-corrected chi connectivity index (χ4v) is 3.17. The van der Waals surface area contributed by atoms with Crippen LogP contribution < -0.4 is 0 Å². The van der Waals surface area contributed by atoms with E-state index >= 15 is 0 Å². The number of carbonyl (C=O) groups excluding carboxylic acids is 1. The monoisotopic (exact) mass is 251 g/mol. The van der Waals surface area contributed by atoms with Gasteiger partial charge in [-0.3, -0.25) is 9.59 Å². The van der Waals surface area contributed by atoms with Gasteiger partial charge in [-0.25, -0.2) is 0 Å². The average molecular weight is 251 g/mol. The predicted octanol–water partition coefficient (Wildman–Crippen LogP) is 1.91. The molecule has 1 aliphatic heterocycles. The van der Waals surface area contributed by atoms with Crippen molar-refractivity contribution >= 4 is 11.9 Å². The molecule has 2 rings (SSSR count). The Labute approximate surface area is 108 Å². The SMILES string of the molecule is CC1=CCCN(C(=O)C2CC(C)CC2C(=O)O)C1. The Morgan fingerprint density at radius 3 is 2.61 bits per heavy atom. The summed E-state index contributed by atoms with van der Waals surface area (Å²) in [6.45, 7) is 5.44. The summed E-state index contributed by atoms with van der Waals surface area (Å²) in [5, 5.41) is 9.22. The van der Waals surface area contributed by atoms with Crippen molar-refractivity contribution in [3.05, 3.63) is 11.6 Å². The number of amides is 1. The molecule has 0 radical (unpaired) electrons. The number of nitrogens with zero attached hydrogens (tertiary/aromatic N) is 1. The van der Waals surface area contributed by atoms with Crippen LogP contribution >= 0.6 is 0 Å². The van der Waals surface area contributed by atoms with Gasteiger partial charge in [-0.15, -0.1) is 0 Å². The molecule has 4 heteroatoms. The van der Waals surface area contributed by atoms with Gasteiger partial charge in [0.2, 0.25) is 5.91 Å². The fraction of sp³-hybridized carbons (Fsp3) is 0.714. The van der Waals surface area contributed by atoms with Crippen LogP contribution in [-0.4, -0.2) is 35.0 Å². The van der Waals surface area contributed by atoms with E-state index in [1.807, 2.05) is 18.7 Å². The highest BCUT2D eigenvalue weighted by Gasteiger charge is 2.42. The number of carboxylic acids is 1. The largest absolute Gasteiger partial charge is 0.481 e. The molecule has 18 heavy (non-hydrogen) atoms. The van der Waals surface area contributed by atoms with Crippen molar-refractivity contribution in [2.45, 2.75) is 33.1 Å². The van der Waals surface area contributed by atoms with Gasteiger partial charge in [-0.1, -0.05) is 18.6 Å². The van der Waals surface area contributed by atoms with Crippen molar-refractivity contribution in [2.75, 3.05) is 13.1 Å². The van der Waals surface area contributed by atoms with Crippen LogP contribution in [0.2, 0.25) is 0 Å². The van der Waals surface area contributed by atoms with Crippen LogP contribution in [-0.2, 0) is 9.59 Å². The first-order valence-electron chi connectivity index (χ1n) is 6.66. The van der Waals surface area contributed by atoms with Gasteiger partial charge in [0.1, 0.15) is 0 Å². The molecule has 1 aliphatic carbocycles. The van der Waals surface area contributed by atoms with Crippen LogP contribution in [0.4, 0.5) is 0 Å². The highest BCUT2D eigenvalue weighted by molar-refractivity contribution is 5.85. The summed E-state index contributed by atoms with van der Waals surface area (Å²) >= 11 is 0. The molecular weight excluding hydrogens is 230 g/mol. The third kappa shape index (κ3) is 2.57. The van der Waals surface area contributed by atoms with Crippen molar-refractivity contribution in [3.8, 4) is 0 Å². The number of aliphatic carboxylic acids is 1. The Balaban J connectivity index is 2.08. The van der Waals surface area contributed by atoms with Crippen LogP contribution in [0.3, 0.4) is 0 Å². The molecule has 100 valence electrons. The molecule has 3 atom stereocenters. The van der Waals surface area contributed by atoms with Gasteiger partial charge in [0, 0.05) is 13.1 Å². The van der Waals surface area contributed by atoms with Crippen LogP contribution in [0.15, 0.2) is 11.6 Å². The third-order valence-electron chi connectivity index (χ3n) is 4.08. The lowest BCUT2D eigenvalue weighted by Crippen LogP contribution is -2.41. The molecule has 0 aromatic heterocycles. The first kappa shape index (κ1) is 13.1. The van der Waals surface area contributed by atoms with E-state index in [2.05, 4.69) is 6.08 Å². The Morgan fingerprint density at radius 1 is 1.33 bits per heavy atom. The fourth-order valence-electron chi connectivity index (χ4n) is 3.17. The van der Waals surface area contributed by atoms with Crippen LogP contribution in [0.5, 0.6) is 0 Å². The highest BCUT2D eigenvalue weighted by Crippen LogP contribution is 2.37. The van der Waals surface area contributed by atoms with Crippen molar-refractivity contribution in [1.82, 2.24) is 4.90 Å². The van der Waals surface area contributed by atoms with E-state index in [-0.39, 0.29) is 11.8 Å². The quantitative estimate of drug-likeness (QED) is 0.763. The molecule has 0 bridgehead atoms. The van der Waals surface area contributed by atoms with Gasteiger partial charge in [-0.2, -0.15) is 0 Å². The van der Waals surface area contributed by atoms with Crippen LogP contribution in [0.1, 0.15) is 33.1 Å². The van der Waals surface area contributed by atoms with E-state index in [1.54, 1.807) is 0 Å². The second-order valence-electron chi connectivity index (χ2n) is 5.73. The predicted molar refractivity (Wildman–Crippen MR) is 68.0 cm³/mol. The number of rotatable bonds is 2. The van der Waals surface area contributed by atoms with Crippen molar-refractivity contribution < 1.29 is 14.7 Å². The zero-order chi connectivity index (χ0) is 13.3. The average Bonchev–Trinajstić information content (AvgIpc) is 2.70. The molecule has 1 saturated carbocycles. The van der Waals surface area contributed by atoms with Gasteiger partial charge in [0.05, 0.1) is 11.8 Å². The van der Waals surface area contributed by atoms with Crippen molar-refractivity contribution in [3.63, 3.8) is 0 Å². The summed E-state index contributed by atoms with van der Waals surface area (Å²) in [7, 11) is 0. The molecule has 1 fully saturated rings. The molecule has 0 aromatic carbocycles. The molecule has 2 aliphatic rings. The van der Waals surface area contributed by atoms with Crippen molar-refractivity contribution in [1.29, 1.82) is 0 Å². The smallest absolute Gasteiger partial charge is 0.307 e. The van der Waals surface area contributed by atoms with Crippen molar-refractivity contribution in [2.24, 2.45) is 17.8 Å². The summed E-state index contributed by atoms with van der Waals surface area (Å²) < 4.78 is 0. The Hall–Kier alpha value is -1.32. The van der Waals surface area contributed by atoms with E-state index < -0.39 is 11.9 Å². The summed E-state index contributed by atoms with van der Waals surface area (Å²) in [6, 6.07) is 0. The Morgan fingerprint density at radius 2 is 2.00 bits per heavy atom. The van der Waals surface area contributed by atoms with E-state index in [0.29, 0.717) is 18.9 Å². The Kier molecular flexibility index (Phi) is 3.73. The molecular formula is C14H21NO3. The number of hydrogen-bond donors (Lipinski definition) is 1. The van der Waals surface area contributed by atoms with Gasteiger partial charge in [-0.05, 0) is 32.1 Å². The maximum atomic E-state index is 12.4. The maximum Gasteiger partial charge on any atom is 0.307 e. The van der Waals surface area contributed by atoms with E-state index in [0.717, 1.165) is 19.4 Å². The highest BCUT2D eigenvalue weighted by atomic mass is 16.4. The lowest BCUT2D eigenvalue weighted by Gasteiger charge is -2.30. The lowest BCUT2D eigenvalue weighted by atomic mass is 9.94. The molecule has 1 N–H and O–H groups in total. The minimum Gasteiger partial charge on any atom is -0.481 e. The normalized spacial score (nSPS) is 32.2. The molecule has 1 heterocycles. The molecule has 0 spiro atoms. The van der Waals surface area contributed by atoms with Gasteiger partial charge < -0.3 is 10.0 Å². The maximum absolute atomic E-state index is 12.4. The molecule has 0 aromatic rings. The second kappa shape index (κ2) is 5.12. The van der Waals surface area contributed by atoms with Gasteiger partial charge in [0.15, 0.2) is 0 Å². The molecule has 3 unspecified atom stereocenters. The minimum atomic E-state index is -0.818. The standard InChI is InChI=1S/C14H21NO3/c1-9-4-3-5-15(8-9)13(16)11-6-10(2)7-12(11)14(17)18/h4,10-12H,3,5-8H2,1-2H3,(H,17,18). The lowest BCUT2D eigenvalue weighted by molar-refractivity contribution is -0.149. The summed E-state index contributed by atoms with van der Waals surface area (Å²) in [5.41, 5.74) is 1.20. The minimum absolute atomic E-state index is 0.0409. The summed E-state index contributed by atoms with van der Waals surface area (Å²) in [6.07, 6.45) is 4.39. The summed E-state index contributed by atoms with van der Waals surface area (Å²) in [5.74, 6) is -1.25. The zero-order valence-electron chi connectivity index (χ0n) is 11.1. The molecule has 1 amide bonds. The second-order valence-corrected chi connectivity index (χ2v) is 5.73. The first-order chi connectivity index (χ1) is 8.49. The summed E-state index contributed by atoms with van der Waals surface area (Å²) in [4.78, 5) is 25.5. The topological polar surface area (TPSA) is 57.6 Å². The third-order valence-corrected chi connectivity index (χ3v) is 4.08. The Bertz CT molecular complexity index is 389. The zero-order valence-corrected chi connectivity index (χ0v) is 11.1. The molecule has 4 nitrogen and oxygen atoms in total.